The molecule has 0 aliphatic carbocycles. The van der Waals surface area contributed by atoms with Crippen molar-refractivity contribution in [3.8, 4) is 0 Å². The van der Waals surface area contributed by atoms with Crippen molar-refractivity contribution in [2.24, 2.45) is 11.7 Å². The Hall–Kier alpha value is -0.580. The van der Waals surface area contributed by atoms with E-state index in [9.17, 15) is 8.42 Å². The quantitative estimate of drug-likeness (QED) is 0.758. The Bertz CT molecular complexity index is 498. The molecular formula is C10H12ClNO2S. The van der Waals surface area contributed by atoms with Crippen molar-refractivity contribution in [1.82, 2.24) is 0 Å². The smallest absolute Gasteiger partial charge is 0.179 e. The van der Waals surface area contributed by atoms with E-state index in [4.69, 9.17) is 17.3 Å². The predicted molar refractivity (Wildman–Crippen MR) is 59.6 cm³/mol. The number of halogens is 1. The minimum absolute atomic E-state index is 0.0685. The first-order chi connectivity index (χ1) is 6.92. The lowest BCUT2D eigenvalue weighted by Crippen LogP contribution is -2.32. The summed E-state index contributed by atoms with van der Waals surface area (Å²) >= 11 is 5.83. The first-order valence-electron chi connectivity index (χ1n) is 4.69. The summed E-state index contributed by atoms with van der Waals surface area (Å²) in [4.78, 5) is 0.331. The molecule has 15 heavy (non-hydrogen) atoms. The SMILES string of the molecule is CC1CS(=O)(=O)c2ccc(Cl)cc2C1N. The van der Waals surface area contributed by atoms with Gasteiger partial charge in [-0.05, 0) is 29.7 Å². The minimum Gasteiger partial charge on any atom is -0.324 e. The molecule has 1 aromatic rings. The van der Waals surface area contributed by atoms with Crippen molar-refractivity contribution < 1.29 is 8.42 Å². The van der Waals surface area contributed by atoms with Crippen molar-refractivity contribution >= 4 is 21.4 Å². The molecule has 1 aromatic carbocycles. The summed E-state index contributed by atoms with van der Waals surface area (Å²) in [7, 11) is -3.18. The highest BCUT2D eigenvalue weighted by Gasteiger charge is 2.33. The van der Waals surface area contributed by atoms with Crippen molar-refractivity contribution in [3.63, 3.8) is 0 Å². The molecule has 82 valence electrons. The van der Waals surface area contributed by atoms with Crippen LogP contribution in [0.25, 0.3) is 0 Å². The highest BCUT2D eigenvalue weighted by Crippen LogP contribution is 2.35. The molecule has 1 aliphatic heterocycles. The Morgan fingerprint density at radius 3 is 2.80 bits per heavy atom. The van der Waals surface area contributed by atoms with Gasteiger partial charge in [-0.1, -0.05) is 18.5 Å². The van der Waals surface area contributed by atoms with Crippen LogP contribution in [-0.2, 0) is 9.84 Å². The van der Waals surface area contributed by atoms with Crippen LogP contribution in [0.1, 0.15) is 18.5 Å². The molecule has 0 radical (unpaired) electrons. The second-order valence-corrected chi connectivity index (χ2v) is 6.41. The highest BCUT2D eigenvalue weighted by atomic mass is 35.5. The normalized spacial score (nSPS) is 28.5. The number of fused-ring (bicyclic) bond motifs is 1. The van der Waals surface area contributed by atoms with Crippen LogP contribution in [0.15, 0.2) is 23.1 Å². The average Bonchev–Trinajstić information content (AvgIpc) is 2.13. The topological polar surface area (TPSA) is 60.2 Å². The van der Waals surface area contributed by atoms with E-state index in [1.165, 1.54) is 0 Å². The molecule has 2 rings (SSSR count). The maximum absolute atomic E-state index is 11.8. The Labute approximate surface area is 94.2 Å². The van der Waals surface area contributed by atoms with Gasteiger partial charge in [0.25, 0.3) is 0 Å². The van der Waals surface area contributed by atoms with Crippen LogP contribution >= 0.6 is 11.6 Å². The van der Waals surface area contributed by atoms with Gasteiger partial charge in [-0.3, -0.25) is 0 Å². The van der Waals surface area contributed by atoms with E-state index >= 15 is 0 Å². The molecule has 0 aromatic heterocycles. The van der Waals surface area contributed by atoms with Crippen LogP contribution in [0.5, 0.6) is 0 Å². The highest BCUT2D eigenvalue weighted by molar-refractivity contribution is 7.91. The standard InChI is InChI=1S/C10H12ClNO2S/c1-6-5-15(13,14)9-3-2-7(11)4-8(9)10(6)12/h2-4,6,10H,5,12H2,1H3. The van der Waals surface area contributed by atoms with E-state index in [1.807, 2.05) is 6.92 Å². The van der Waals surface area contributed by atoms with E-state index < -0.39 is 9.84 Å². The third-order valence-corrected chi connectivity index (χ3v) is 5.00. The van der Waals surface area contributed by atoms with Gasteiger partial charge in [0.1, 0.15) is 0 Å². The Morgan fingerprint density at radius 1 is 1.47 bits per heavy atom. The molecule has 2 N–H and O–H groups in total. The third-order valence-electron chi connectivity index (χ3n) is 2.76. The molecule has 1 heterocycles. The van der Waals surface area contributed by atoms with Gasteiger partial charge in [-0.25, -0.2) is 8.42 Å². The van der Waals surface area contributed by atoms with Crippen LogP contribution in [0, 0.1) is 5.92 Å². The van der Waals surface area contributed by atoms with Crippen molar-refractivity contribution in [2.45, 2.75) is 17.9 Å². The molecule has 2 unspecified atom stereocenters. The monoisotopic (exact) mass is 245 g/mol. The first kappa shape index (κ1) is 10.9. The molecule has 5 heteroatoms. The molecule has 0 amide bonds. The first-order valence-corrected chi connectivity index (χ1v) is 6.72. The molecule has 1 aliphatic rings. The fourth-order valence-electron chi connectivity index (χ4n) is 1.91. The van der Waals surface area contributed by atoms with E-state index in [0.29, 0.717) is 15.5 Å². The van der Waals surface area contributed by atoms with Crippen LogP contribution < -0.4 is 5.73 Å². The molecule has 0 saturated carbocycles. The summed E-state index contributed by atoms with van der Waals surface area (Å²) in [6.45, 7) is 1.84. The summed E-state index contributed by atoms with van der Waals surface area (Å²) in [5, 5.41) is 0.522. The van der Waals surface area contributed by atoms with Crippen LogP contribution in [0.2, 0.25) is 5.02 Å². The number of hydrogen-bond donors (Lipinski definition) is 1. The fourth-order valence-corrected chi connectivity index (χ4v) is 4.00. The zero-order chi connectivity index (χ0) is 11.2. The summed E-state index contributed by atoms with van der Waals surface area (Å²) in [6.07, 6.45) is 0. The molecular weight excluding hydrogens is 234 g/mol. The molecule has 2 atom stereocenters. The van der Waals surface area contributed by atoms with Gasteiger partial charge >= 0.3 is 0 Å². The Balaban J connectivity index is 2.70. The van der Waals surface area contributed by atoms with Gasteiger partial charge in [0.15, 0.2) is 9.84 Å². The van der Waals surface area contributed by atoms with Crippen LogP contribution in [-0.4, -0.2) is 14.2 Å². The molecule has 3 nitrogen and oxygen atoms in total. The lowest BCUT2D eigenvalue weighted by Gasteiger charge is -2.28. The third kappa shape index (κ3) is 1.77. The Kier molecular flexibility index (Phi) is 2.53. The summed E-state index contributed by atoms with van der Waals surface area (Å²) in [5.74, 6) is 0.0453. The van der Waals surface area contributed by atoms with Crippen LogP contribution in [0.4, 0.5) is 0 Å². The number of nitrogens with two attached hydrogens (primary N) is 1. The number of sulfone groups is 1. The second kappa shape index (κ2) is 3.47. The number of hydrogen-bond acceptors (Lipinski definition) is 3. The fraction of sp³-hybridized carbons (Fsp3) is 0.400. The summed E-state index contributed by atoms with van der Waals surface area (Å²) in [5.41, 5.74) is 6.60. The lowest BCUT2D eigenvalue weighted by atomic mass is 9.96. The van der Waals surface area contributed by atoms with Gasteiger partial charge in [0, 0.05) is 11.1 Å². The van der Waals surface area contributed by atoms with Gasteiger partial charge in [-0.15, -0.1) is 0 Å². The summed E-state index contributed by atoms with van der Waals surface area (Å²) in [6, 6.07) is 4.52. The maximum atomic E-state index is 11.8. The second-order valence-electron chi connectivity index (χ2n) is 3.97. The zero-order valence-electron chi connectivity index (χ0n) is 8.27. The van der Waals surface area contributed by atoms with Crippen molar-refractivity contribution in [1.29, 1.82) is 0 Å². The predicted octanol–water partition coefficient (Wildman–Crippen LogP) is 1.76. The van der Waals surface area contributed by atoms with Gasteiger partial charge in [-0.2, -0.15) is 0 Å². The number of benzene rings is 1. The number of rotatable bonds is 0. The average molecular weight is 246 g/mol. The van der Waals surface area contributed by atoms with Crippen LogP contribution in [0.3, 0.4) is 0 Å². The van der Waals surface area contributed by atoms with E-state index in [2.05, 4.69) is 0 Å². The molecule has 0 bridgehead atoms. The van der Waals surface area contributed by atoms with E-state index in [-0.39, 0.29) is 17.7 Å². The maximum Gasteiger partial charge on any atom is 0.179 e. The summed E-state index contributed by atoms with van der Waals surface area (Å²) < 4.78 is 23.7. The zero-order valence-corrected chi connectivity index (χ0v) is 9.85. The van der Waals surface area contributed by atoms with Crippen molar-refractivity contribution in [2.75, 3.05) is 5.75 Å². The lowest BCUT2D eigenvalue weighted by molar-refractivity contribution is 0.478. The Morgan fingerprint density at radius 2 is 2.13 bits per heavy atom. The van der Waals surface area contributed by atoms with Gasteiger partial charge in [0.05, 0.1) is 10.6 Å². The van der Waals surface area contributed by atoms with Crippen molar-refractivity contribution in [3.05, 3.63) is 28.8 Å². The van der Waals surface area contributed by atoms with E-state index in [1.54, 1.807) is 18.2 Å². The molecule has 0 fully saturated rings. The largest absolute Gasteiger partial charge is 0.324 e. The van der Waals surface area contributed by atoms with E-state index in [0.717, 1.165) is 0 Å². The minimum atomic E-state index is -3.18. The molecule has 0 spiro atoms. The molecule has 0 saturated heterocycles. The van der Waals surface area contributed by atoms with Gasteiger partial charge in [0.2, 0.25) is 0 Å². The van der Waals surface area contributed by atoms with Gasteiger partial charge < -0.3 is 5.73 Å².